The number of hydrogen-bond donors (Lipinski definition) is 4. The number of aliphatic hydroxyl groups is 4. The van der Waals surface area contributed by atoms with Gasteiger partial charge in [0.25, 0.3) is 0 Å². The van der Waals surface area contributed by atoms with E-state index >= 15 is 0 Å². The van der Waals surface area contributed by atoms with Crippen molar-refractivity contribution in [1.82, 2.24) is 0 Å². The molecule has 5 nitrogen and oxygen atoms in total. The zero-order valence-electron chi connectivity index (χ0n) is 7.87. The van der Waals surface area contributed by atoms with Gasteiger partial charge in [-0.05, 0) is 6.92 Å². The molecule has 0 saturated heterocycles. The van der Waals surface area contributed by atoms with Crippen LogP contribution in [0.4, 0.5) is 0 Å². The Morgan fingerprint density at radius 2 is 1.50 bits per heavy atom. The smallest absolute Gasteiger partial charge is 0.160 e. The average Bonchev–Trinajstić information content (AvgIpc) is 2.00. The molecule has 0 aromatic rings. The zero-order chi connectivity index (χ0) is 9.02. The maximum Gasteiger partial charge on any atom is 0.160 e. The van der Waals surface area contributed by atoms with E-state index in [0.29, 0.717) is 0 Å². The predicted molar refractivity (Wildman–Crippen MR) is 35.8 cm³/mol. The maximum atomic E-state index is 10.4. The number of Topliss-reactive ketones (excluding diaryl/α,β-unsaturated/α-hetero) is 1. The van der Waals surface area contributed by atoms with Crippen molar-refractivity contribution in [2.75, 3.05) is 6.61 Å². The number of ketones is 1. The van der Waals surface area contributed by atoms with Crippen molar-refractivity contribution in [2.24, 2.45) is 0 Å². The van der Waals surface area contributed by atoms with Crippen molar-refractivity contribution >= 4 is 5.78 Å². The molecule has 75 valence electrons. The second-order valence-corrected chi connectivity index (χ2v) is 2.30. The summed E-state index contributed by atoms with van der Waals surface area (Å²) in [4.78, 5) is 10.4. The van der Waals surface area contributed by atoms with Crippen molar-refractivity contribution in [3.8, 4) is 0 Å². The van der Waals surface area contributed by atoms with E-state index in [4.69, 9.17) is 20.4 Å². The molecule has 14 heavy (non-hydrogen) atoms. The van der Waals surface area contributed by atoms with E-state index in [1.807, 2.05) is 0 Å². The van der Waals surface area contributed by atoms with Gasteiger partial charge in [0.15, 0.2) is 5.78 Å². The van der Waals surface area contributed by atoms with Crippen LogP contribution in [0.25, 0.3) is 0 Å². The number of carbonyl (C=O) groups excluding carboxylic acids is 1. The third kappa shape index (κ3) is 11.0. The molecule has 0 spiro atoms. The van der Waals surface area contributed by atoms with Crippen LogP contribution in [0.1, 0.15) is 6.92 Å². The van der Waals surface area contributed by atoms with Gasteiger partial charge in [-0.3, -0.25) is 4.79 Å². The Morgan fingerprint density at radius 3 is 1.71 bits per heavy atom. The average molecular weight is 845 g/mol. The molecule has 0 bridgehead atoms. The molecule has 3 atom stereocenters. The SMILES string of the molecule is CC(=O)[C@H](O)[C@H](O)C(O)CO.[Ac].[Ac].[Ac]. The quantitative estimate of drug-likeness (QED) is 0.255. The minimum absolute atomic E-state index is 0. The number of aliphatic hydroxyl groups excluding tert-OH is 4. The first-order valence-electron chi connectivity index (χ1n) is 3.16. The van der Waals surface area contributed by atoms with E-state index in [-0.39, 0.29) is 132 Å². The van der Waals surface area contributed by atoms with Gasteiger partial charge < -0.3 is 20.4 Å². The van der Waals surface area contributed by atoms with Crippen molar-refractivity contribution in [3.63, 3.8) is 0 Å². The molecule has 0 rings (SSSR count). The van der Waals surface area contributed by atoms with Crippen LogP contribution in [-0.4, -0.2) is 51.1 Å². The third-order valence-corrected chi connectivity index (χ3v) is 1.32. The Bertz CT molecular complexity index is 145. The fourth-order valence-corrected chi connectivity index (χ4v) is 0.559. The normalized spacial score (nSPS) is 14.9. The van der Waals surface area contributed by atoms with Crippen LogP contribution in [0.2, 0.25) is 0 Å². The maximum absolute atomic E-state index is 10.4. The zero-order valence-corrected chi connectivity index (χ0v) is 22.1. The summed E-state index contributed by atoms with van der Waals surface area (Å²) in [5.74, 6) is -0.648. The largest absolute Gasteiger partial charge is 0.394 e. The molecule has 0 heterocycles. The summed E-state index contributed by atoms with van der Waals surface area (Å²) in [6.07, 6.45) is -4.72. The Balaban J connectivity index is -0.000000167. The fourth-order valence-electron chi connectivity index (χ4n) is 0.559. The van der Waals surface area contributed by atoms with E-state index in [1.54, 1.807) is 0 Å². The van der Waals surface area contributed by atoms with Crippen LogP contribution in [0, 0.1) is 132 Å². The van der Waals surface area contributed by atoms with Crippen molar-refractivity contribution < 1.29 is 157 Å². The Labute approximate surface area is 190 Å². The van der Waals surface area contributed by atoms with Gasteiger partial charge in [0, 0.05) is 132 Å². The molecule has 0 amide bonds. The molecule has 0 aliphatic heterocycles. The monoisotopic (exact) mass is 845 g/mol. The molecule has 0 aromatic carbocycles. The van der Waals surface area contributed by atoms with Gasteiger partial charge >= 0.3 is 0 Å². The second-order valence-electron chi connectivity index (χ2n) is 2.30. The Morgan fingerprint density at radius 1 is 1.14 bits per heavy atom. The standard InChI is InChI=1S/C6H12O5.3Ac/c1-3(8)5(10)6(11)4(9)2-7;;;/h4-7,9-11H,2H2,1H3;;;/t4?,5-,6+;;;/m0.../s1. The number of hydrogen-bond acceptors (Lipinski definition) is 5. The molecule has 3 radical (unpaired) electrons. The van der Waals surface area contributed by atoms with Crippen LogP contribution in [-0.2, 0) is 4.79 Å². The van der Waals surface area contributed by atoms with E-state index in [1.165, 1.54) is 0 Å². The van der Waals surface area contributed by atoms with Gasteiger partial charge in [-0.2, -0.15) is 0 Å². The molecule has 0 aromatic heterocycles. The van der Waals surface area contributed by atoms with Crippen LogP contribution >= 0.6 is 0 Å². The molecule has 8 heteroatoms. The van der Waals surface area contributed by atoms with E-state index in [9.17, 15) is 4.79 Å². The van der Waals surface area contributed by atoms with E-state index < -0.39 is 30.7 Å². The molecular weight excluding hydrogens is 833 g/mol. The summed E-state index contributed by atoms with van der Waals surface area (Å²) in [6.45, 7) is 0.392. The summed E-state index contributed by atoms with van der Waals surface area (Å²) in [7, 11) is 0. The van der Waals surface area contributed by atoms with Crippen molar-refractivity contribution in [3.05, 3.63) is 0 Å². The van der Waals surface area contributed by atoms with Gasteiger partial charge in [0.2, 0.25) is 0 Å². The number of rotatable bonds is 4. The summed E-state index contributed by atoms with van der Waals surface area (Å²) in [5.41, 5.74) is 0. The first-order chi connectivity index (χ1) is 5.00. The molecule has 0 fully saturated rings. The fraction of sp³-hybridized carbons (Fsp3) is 0.833. The first-order valence-corrected chi connectivity index (χ1v) is 3.16. The van der Waals surface area contributed by atoms with Crippen LogP contribution in [0.5, 0.6) is 0 Å². The molecule has 0 saturated carbocycles. The van der Waals surface area contributed by atoms with E-state index in [0.717, 1.165) is 6.92 Å². The van der Waals surface area contributed by atoms with Crippen LogP contribution < -0.4 is 0 Å². The predicted octanol–water partition coefficient (Wildman–Crippen LogP) is -2.35. The van der Waals surface area contributed by atoms with Crippen molar-refractivity contribution in [2.45, 2.75) is 25.2 Å². The Hall–Kier alpha value is 3.83. The molecule has 0 aliphatic carbocycles. The summed E-state index contributed by atoms with van der Waals surface area (Å²) in [6, 6.07) is 0. The minimum atomic E-state index is -1.63. The second kappa shape index (κ2) is 14.9. The van der Waals surface area contributed by atoms with Crippen molar-refractivity contribution in [1.29, 1.82) is 0 Å². The molecular formula is C6H12Ac3O5. The third-order valence-electron chi connectivity index (χ3n) is 1.32. The summed E-state index contributed by atoms with van der Waals surface area (Å²) < 4.78 is 0. The summed E-state index contributed by atoms with van der Waals surface area (Å²) in [5, 5.41) is 34.7. The van der Waals surface area contributed by atoms with Gasteiger partial charge in [-0.15, -0.1) is 0 Å². The number of carbonyl (C=O) groups is 1. The topological polar surface area (TPSA) is 98.0 Å². The Kier molecular flexibility index (Phi) is 28.1. The van der Waals surface area contributed by atoms with Gasteiger partial charge in [0.05, 0.1) is 6.61 Å². The van der Waals surface area contributed by atoms with Crippen LogP contribution in [0.15, 0.2) is 0 Å². The molecule has 1 unspecified atom stereocenters. The first kappa shape index (κ1) is 26.4. The van der Waals surface area contributed by atoms with E-state index in [2.05, 4.69) is 0 Å². The van der Waals surface area contributed by atoms with Gasteiger partial charge in [0.1, 0.15) is 18.3 Å². The molecule has 4 N–H and O–H groups in total. The summed E-state index contributed by atoms with van der Waals surface area (Å²) >= 11 is 0. The van der Waals surface area contributed by atoms with Gasteiger partial charge in [-0.1, -0.05) is 0 Å². The molecule has 0 aliphatic rings. The van der Waals surface area contributed by atoms with Crippen LogP contribution in [0.3, 0.4) is 0 Å². The minimum Gasteiger partial charge on any atom is -0.394 e. The van der Waals surface area contributed by atoms with Gasteiger partial charge in [-0.25, -0.2) is 0 Å².